The summed E-state index contributed by atoms with van der Waals surface area (Å²) in [5, 5.41) is 11.5. The molecule has 0 saturated heterocycles. The number of esters is 1. The molecule has 1 amide bonds. The van der Waals surface area contributed by atoms with Gasteiger partial charge in [0, 0.05) is 23.9 Å². The Morgan fingerprint density at radius 1 is 1.06 bits per heavy atom. The zero-order valence-corrected chi connectivity index (χ0v) is 19.1. The van der Waals surface area contributed by atoms with Gasteiger partial charge in [0.15, 0.2) is 6.61 Å². The van der Waals surface area contributed by atoms with Crippen molar-refractivity contribution >= 4 is 17.7 Å². The highest BCUT2D eigenvalue weighted by atomic mass is 16.5. The molecule has 0 spiro atoms. The monoisotopic (exact) mass is 459 g/mol. The fourth-order valence-electron chi connectivity index (χ4n) is 3.43. The minimum atomic E-state index is -0.660. The summed E-state index contributed by atoms with van der Waals surface area (Å²) < 4.78 is 13.9. The number of aromatic nitrogens is 4. The van der Waals surface area contributed by atoms with Crippen LogP contribution in [0.15, 0.2) is 73.1 Å². The number of amides is 1. The average Bonchev–Trinajstić information content (AvgIpc) is 3.51. The number of anilines is 1. The van der Waals surface area contributed by atoms with Gasteiger partial charge in [-0.15, -0.1) is 0 Å². The number of carbonyl (C=O) groups is 2. The van der Waals surface area contributed by atoms with Gasteiger partial charge in [0.25, 0.3) is 5.91 Å². The van der Waals surface area contributed by atoms with Crippen molar-refractivity contribution in [1.82, 2.24) is 19.6 Å². The number of nitrogens with zero attached hydrogens (tertiary/aromatic N) is 4. The number of carbonyl (C=O) groups excluding carboxylic acids is 2. The van der Waals surface area contributed by atoms with Gasteiger partial charge in [0.1, 0.15) is 22.8 Å². The molecule has 2 aromatic carbocycles. The third-order valence-electron chi connectivity index (χ3n) is 5.06. The predicted octanol–water partition coefficient (Wildman–Crippen LogP) is 4.12. The van der Waals surface area contributed by atoms with Gasteiger partial charge >= 0.3 is 5.97 Å². The van der Waals surface area contributed by atoms with Crippen LogP contribution >= 0.6 is 0 Å². The molecule has 0 fully saturated rings. The van der Waals surface area contributed by atoms with Crippen LogP contribution < -0.4 is 10.1 Å². The second-order valence-corrected chi connectivity index (χ2v) is 7.78. The lowest BCUT2D eigenvalue weighted by Gasteiger charge is -2.12. The SMILES string of the molecule is COc1cccc(-c2nn(-c3ccccc3)cc2C(=O)OCC(=O)Nc2ccnn2C(C)C)c1. The average molecular weight is 460 g/mol. The van der Waals surface area contributed by atoms with Crippen molar-refractivity contribution in [3.05, 3.63) is 78.6 Å². The van der Waals surface area contributed by atoms with E-state index in [1.807, 2.05) is 62.4 Å². The van der Waals surface area contributed by atoms with Crippen LogP contribution in [-0.4, -0.2) is 45.2 Å². The molecular formula is C25H25N5O4. The molecule has 0 aliphatic heterocycles. The molecule has 0 aliphatic carbocycles. The van der Waals surface area contributed by atoms with Gasteiger partial charge in [-0.3, -0.25) is 4.79 Å². The molecule has 9 nitrogen and oxygen atoms in total. The number of benzene rings is 2. The molecule has 4 rings (SSSR count). The number of hydrogen-bond acceptors (Lipinski definition) is 6. The Hall–Kier alpha value is -4.40. The smallest absolute Gasteiger partial charge is 0.342 e. The molecule has 0 aliphatic rings. The number of methoxy groups -OCH3 is 1. The van der Waals surface area contributed by atoms with Crippen LogP contribution in [0.1, 0.15) is 30.2 Å². The van der Waals surface area contributed by atoms with Crippen LogP contribution in [0.25, 0.3) is 16.9 Å². The minimum absolute atomic E-state index is 0.0714. The number of nitrogens with one attached hydrogen (secondary N) is 1. The lowest BCUT2D eigenvalue weighted by molar-refractivity contribution is -0.119. The molecule has 2 aromatic heterocycles. The van der Waals surface area contributed by atoms with Crippen LogP contribution in [0.3, 0.4) is 0 Å². The first-order valence-corrected chi connectivity index (χ1v) is 10.8. The van der Waals surface area contributed by atoms with E-state index in [2.05, 4.69) is 15.5 Å². The van der Waals surface area contributed by atoms with E-state index < -0.39 is 18.5 Å². The molecule has 174 valence electrons. The number of para-hydroxylation sites is 1. The van der Waals surface area contributed by atoms with Gasteiger partial charge in [-0.05, 0) is 38.1 Å². The molecule has 9 heteroatoms. The molecule has 4 aromatic rings. The van der Waals surface area contributed by atoms with E-state index in [0.29, 0.717) is 22.8 Å². The predicted molar refractivity (Wildman–Crippen MR) is 127 cm³/mol. The van der Waals surface area contributed by atoms with E-state index in [1.165, 1.54) is 0 Å². The summed E-state index contributed by atoms with van der Waals surface area (Å²) in [6.45, 7) is 3.45. The molecule has 0 bridgehead atoms. The van der Waals surface area contributed by atoms with Crippen molar-refractivity contribution in [3.8, 4) is 22.7 Å². The highest BCUT2D eigenvalue weighted by Gasteiger charge is 2.21. The Labute approximate surface area is 196 Å². The van der Waals surface area contributed by atoms with Gasteiger partial charge in [-0.25, -0.2) is 14.2 Å². The zero-order valence-electron chi connectivity index (χ0n) is 19.1. The van der Waals surface area contributed by atoms with E-state index in [9.17, 15) is 9.59 Å². The fraction of sp³-hybridized carbons (Fsp3) is 0.200. The summed E-state index contributed by atoms with van der Waals surface area (Å²) in [5.41, 5.74) is 2.12. The van der Waals surface area contributed by atoms with E-state index in [4.69, 9.17) is 9.47 Å². The Kier molecular flexibility index (Phi) is 6.72. The van der Waals surface area contributed by atoms with Crippen molar-refractivity contribution in [2.75, 3.05) is 19.0 Å². The third-order valence-corrected chi connectivity index (χ3v) is 5.06. The van der Waals surface area contributed by atoms with Crippen LogP contribution in [0.4, 0.5) is 5.82 Å². The van der Waals surface area contributed by atoms with E-state index >= 15 is 0 Å². The lowest BCUT2D eigenvalue weighted by Crippen LogP contribution is -2.23. The summed E-state index contributed by atoms with van der Waals surface area (Å²) in [6, 6.07) is 18.4. The first-order chi connectivity index (χ1) is 16.5. The maximum Gasteiger partial charge on any atom is 0.342 e. The maximum absolute atomic E-state index is 13.0. The summed E-state index contributed by atoms with van der Waals surface area (Å²) in [7, 11) is 1.57. The highest BCUT2D eigenvalue weighted by Crippen LogP contribution is 2.27. The Morgan fingerprint density at radius 2 is 1.85 bits per heavy atom. The van der Waals surface area contributed by atoms with Gasteiger partial charge < -0.3 is 14.8 Å². The summed E-state index contributed by atoms with van der Waals surface area (Å²) >= 11 is 0. The lowest BCUT2D eigenvalue weighted by atomic mass is 10.1. The molecule has 2 heterocycles. The first-order valence-electron chi connectivity index (χ1n) is 10.8. The molecule has 0 unspecified atom stereocenters. The molecule has 0 atom stereocenters. The van der Waals surface area contributed by atoms with E-state index in [-0.39, 0.29) is 11.6 Å². The molecule has 0 saturated carbocycles. The first kappa shape index (κ1) is 22.8. The molecular weight excluding hydrogens is 434 g/mol. The number of ether oxygens (including phenoxy) is 2. The molecule has 1 N–H and O–H groups in total. The van der Waals surface area contributed by atoms with Crippen molar-refractivity contribution in [2.24, 2.45) is 0 Å². The Morgan fingerprint density at radius 3 is 2.59 bits per heavy atom. The standard InChI is InChI=1S/C25H25N5O4/c1-17(2)30-22(12-13-26-30)27-23(31)16-34-25(32)21-15-29(19-9-5-4-6-10-19)28-24(21)18-8-7-11-20(14-18)33-3/h4-15,17H,16H2,1-3H3,(H,27,31). The van der Waals surface area contributed by atoms with Crippen LogP contribution in [-0.2, 0) is 9.53 Å². The Balaban J connectivity index is 1.56. The summed E-state index contributed by atoms with van der Waals surface area (Å²) in [4.78, 5) is 25.4. The van der Waals surface area contributed by atoms with Crippen molar-refractivity contribution < 1.29 is 19.1 Å². The molecule has 0 radical (unpaired) electrons. The van der Waals surface area contributed by atoms with Crippen molar-refractivity contribution in [2.45, 2.75) is 19.9 Å². The van der Waals surface area contributed by atoms with Gasteiger partial charge in [-0.1, -0.05) is 30.3 Å². The quantitative estimate of drug-likeness (QED) is 0.398. The van der Waals surface area contributed by atoms with Crippen molar-refractivity contribution in [3.63, 3.8) is 0 Å². The Bertz CT molecular complexity index is 1290. The highest BCUT2D eigenvalue weighted by molar-refractivity contribution is 5.98. The van der Waals surface area contributed by atoms with Crippen LogP contribution in [0.2, 0.25) is 0 Å². The third kappa shape index (κ3) is 4.98. The summed E-state index contributed by atoms with van der Waals surface area (Å²) in [5.74, 6) is 0.0406. The van der Waals surface area contributed by atoms with Gasteiger partial charge in [0.2, 0.25) is 0 Å². The zero-order chi connectivity index (χ0) is 24.1. The minimum Gasteiger partial charge on any atom is -0.497 e. The fourth-order valence-corrected chi connectivity index (χ4v) is 3.43. The van der Waals surface area contributed by atoms with E-state index in [0.717, 1.165) is 5.69 Å². The molecule has 34 heavy (non-hydrogen) atoms. The normalized spacial score (nSPS) is 10.8. The number of rotatable bonds is 8. The summed E-state index contributed by atoms with van der Waals surface area (Å²) in [6.07, 6.45) is 3.19. The van der Waals surface area contributed by atoms with Crippen LogP contribution in [0, 0.1) is 0 Å². The van der Waals surface area contributed by atoms with Gasteiger partial charge in [-0.2, -0.15) is 10.2 Å². The van der Waals surface area contributed by atoms with Gasteiger partial charge in [0.05, 0.1) is 19.0 Å². The second-order valence-electron chi connectivity index (χ2n) is 7.78. The van der Waals surface area contributed by atoms with Crippen molar-refractivity contribution in [1.29, 1.82) is 0 Å². The topological polar surface area (TPSA) is 100 Å². The maximum atomic E-state index is 13.0. The van der Waals surface area contributed by atoms with E-state index in [1.54, 1.807) is 41.0 Å². The van der Waals surface area contributed by atoms with Crippen LogP contribution in [0.5, 0.6) is 5.75 Å². The second kappa shape index (κ2) is 10.0. The number of hydrogen-bond donors (Lipinski definition) is 1. The largest absolute Gasteiger partial charge is 0.497 e.